The van der Waals surface area contributed by atoms with Crippen LogP contribution in [0.1, 0.15) is 25.7 Å². The lowest BCUT2D eigenvalue weighted by Gasteiger charge is -2.47. The quantitative estimate of drug-likeness (QED) is 0.692. The topological polar surface area (TPSA) is 103 Å². The number of halogens is 3. The molecule has 1 aromatic rings. The van der Waals surface area contributed by atoms with Gasteiger partial charge in [0.05, 0.1) is 24.0 Å². The van der Waals surface area contributed by atoms with Gasteiger partial charge in [0.15, 0.2) is 0 Å². The lowest BCUT2D eigenvalue weighted by Crippen LogP contribution is -2.60. The molecular formula is C20H25F3N4O5. The van der Waals surface area contributed by atoms with E-state index in [1.807, 2.05) is 21.9 Å². The Morgan fingerprint density at radius 1 is 1.09 bits per heavy atom. The highest BCUT2D eigenvalue weighted by molar-refractivity contribution is 5.95. The summed E-state index contributed by atoms with van der Waals surface area (Å²) >= 11 is 0. The lowest BCUT2D eigenvalue weighted by molar-refractivity contribution is -0.192. The van der Waals surface area contributed by atoms with Gasteiger partial charge in [-0.25, -0.2) is 9.59 Å². The number of carbonyl (C=O) groups is 3. The number of piperidine rings is 1. The monoisotopic (exact) mass is 458 g/mol. The van der Waals surface area contributed by atoms with Crippen molar-refractivity contribution >= 4 is 23.6 Å². The summed E-state index contributed by atoms with van der Waals surface area (Å²) in [7, 11) is 0. The van der Waals surface area contributed by atoms with Crippen LogP contribution in [0.25, 0.3) is 0 Å². The van der Waals surface area contributed by atoms with E-state index in [-0.39, 0.29) is 24.1 Å². The van der Waals surface area contributed by atoms with Crippen LogP contribution in [0, 0.1) is 0 Å². The first-order valence-electron chi connectivity index (χ1n) is 10.3. The highest BCUT2D eigenvalue weighted by Gasteiger charge is 2.44. The minimum atomic E-state index is -5.08. The molecule has 0 atom stereocenters. The molecule has 12 heteroatoms. The molecule has 4 heterocycles. The minimum Gasteiger partial charge on any atom is -0.475 e. The molecule has 4 rings (SSSR count). The molecule has 3 aliphatic rings. The highest BCUT2D eigenvalue weighted by Crippen LogP contribution is 2.33. The van der Waals surface area contributed by atoms with Crippen LogP contribution in [-0.2, 0) is 14.3 Å². The van der Waals surface area contributed by atoms with E-state index in [1.54, 1.807) is 17.3 Å². The second-order valence-electron chi connectivity index (χ2n) is 7.93. The molecule has 0 saturated carbocycles. The number of urea groups is 1. The van der Waals surface area contributed by atoms with Crippen molar-refractivity contribution in [3.8, 4) is 0 Å². The molecule has 3 fully saturated rings. The van der Waals surface area contributed by atoms with Gasteiger partial charge in [0, 0.05) is 32.4 Å². The molecule has 3 saturated heterocycles. The Balaban J connectivity index is 0.000000360. The van der Waals surface area contributed by atoms with E-state index in [4.69, 9.17) is 14.6 Å². The first-order chi connectivity index (χ1) is 15.1. The molecule has 1 aromatic heterocycles. The number of aromatic nitrogens is 1. The summed E-state index contributed by atoms with van der Waals surface area (Å²) in [6.45, 7) is 3.74. The maximum atomic E-state index is 12.5. The average Bonchev–Trinajstić information content (AvgIpc) is 3.31. The number of amides is 3. The van der Waals surface area contributed by atoms with Gasteiger partial charge in [-0.3, -0.25) is 9.78 Å². The number of carboxylic acids is 1. The molecule has 0 unspecified atom stereocenters. The van der Waals surface area contributed by atoms with Gasteiger partial charge in [0.1, 0.15) is 6.61 Å². The number of likely N-dealkylation sites (tertiary alicyclic amines) is 2. The molecule has 1 spiro atoms. The summed E-state index contributed by atoms with van der Waals surface area (Å²) in [5, 5.41) is 7.12. The number of morpholine rings is 1. The highest BCUT2D eigenvalue weighted by atomic mass is 19.4. The van der Waals surface area contributed by atoms with E-state index in [0.29, 0.717) is 19.6 Å². The number of pyridine rings is 1. The lowest BCUT2D eigenvalue weighted by atomic mass is 9.89. The number of carbonyl (C=O) groups excluding carboxylic acids is 2. The van der Waals surface area contributed by atoms with Crippen LogP contribution in [-0.4, -0.2) is 88.9 Å². The van der Waals surface area contributed by atoms with E-state index in [9.17, 15) is 22.8 Å². The fourth-order valence-corrected chi connectivity index (χ4v) is 3.98. The van der Waals surface area contributed by atoms with Crippen LogP contribution in [0.2, 0.25) is 0 Å². The SMILES string of the molecule is O=C(N1CCCC1)N1CCC2(CC1)CN(c1cccnc1)C(=O)CO2.O=C(O)C(F)(F)F. The van der Waals surface area contributed by atoms with E-state index in [0.717, 1.165) is 44.5 Å². The van der Waals surface area contributed by atoms with Crippen LogP contribution in [0.15, 0.2) is 24.5 Å². The Bertz CT molecular complexity index is 822. The molecule has 0 bridgehead atoms. The zero-order valence-electron chi connectivity index (χ0n) is 17.4. The third-order valence-corrected chi connectivity index (χ3v) is 5.77. The molecule has 1 N–H and O–H groups in total. The molecule has 3 aliphatic heterocycles. The molecule has 176 valence electrons. The Hall–Kier alpha value is -2.89. The van der Waals surface area contributed by atoms with Gasteiger partial charge in [0.25, 0.3) is 5.91 Å². The third kappa shape index (κ3) is 5.67. The fourth-order valence-electron chi connectivity index (χ4n) is 3.98. The van der Waals surface area contributed by atoms with Crippen molar-refractivity contribution in [1.29, 1.82) is 0 Å². The largest absolute Gasteiger partial charge is 0.490 e. The molecule has 32 heavy (non-hydrogen) atoms. The number of rotatable bonds is 1. The van der Waals surface area contributed by atoms with Gasteiger partial charge in [0.2, 0.25) is 0 Å². The maximum absolute atomic E-state index is 12.5. The Morgan fingerprint density at radius 2 is 1.69 bits per heavy atom. The summed E-state index contributed by atoms with van der Waals surface area (Å²) in [6.07, 6.45) is 2.06. The minimum absolute atomic E-state index is 0.0332. The third-order valence-electron chi connectivity index (χ3n) is 5.77. The summed E-state index contributed by atoms with van der Waals surface area (Å²) in [6, 6.07) is 3.89. The number of anilines is 1. The normalized spacial score (nSPS) is 20.7. The predicted octanol–water partition coefficient (Wildman–Crippen LogP) is 2.13. The van der Waals surface area contributed by atoms with E-state index < -0.39 is 12.1 Å². The maximum Gasteiger partial charge on any atom is 0.490 e. The second-order valence-corrected chi connectivity index (χ2v) is 7.93. The van der Waals surface area contributed by atoms with E-state index in [2.05, 4.69) is 4.98 Å². The van der Waals surface area contributed by atoms with Gasteiger partial charge in [-0.15, -0.1) is 0 Å². The van der Waals surface area contributed by atoms with Crippen molar-refractivity contribution in [2.24, 2.45) is 0 Å². The molecular weight excluding hydrogens is 433 g/mol. The number of alkyl halides is 3. The Kier molecular flexibility index (Phi) is 7.22. The van der Waals surface area contributed by atoms with Gasteiger partial charge in [-0.1, -0.05) is 0 Å². The fraction of sp³-hybridized carbons (Fsp3) is 0.600. The molecule has 0 aliphatic carbocycles. The van der Waals surface area contributed by atoms with Crippen molar-refractivity contribution < 1.29 is 37.4 Å². The van der Waals surface area contributed by atoms with Gasteiger partial charge in [-0.2, -0.15) is 13.2 Å². The Labute approximate surface area is 182 Å². The number of ether oxygens (including phenoxy) is 1. The first-order valence-corrected chi connectivity index (χ1v) is 10.3. The van der Waals surface area contributed by atoms with Crippen molar-refractivity contribution in [2.75, 3.05) is 44.2 Å². The van der Waals surface area contributed by atoms with Gasteiger partial charge < -0.3 is 24.5 Å². The van der Waals surface area contributed by atoms with Crippen molar-refractivity contribution in [3.05, 3.63) is 24.5 Å². The molecule has 0 aromatic carbocycles. The van der Waals surface area contributed by atoms with Crippen LogP contribution in [0.3, 0.4) is 0 Å². The van der Waals surface area contributed by atoms with Crippen LogP contribution >= 0.6 is 0 Å². The number of carboxylic acid groups (broad SMARTS) is 1. The molecule has 0 radical (unpaired) electrons. The first kappa shape index (κ1) is 23.8. The van der Waals surface area contributed by atoms with Crippen molar-refractivity contribution in [1.82, 2.24) is 14.8 Å². The summed E-state index contributed by atoms with van der Waals surface area (Å²) < 4.78 is 37.7. The van der Waals surface area contributed by atoms with Crippen LogP contribution < -0.4 is 4.90 Å². The number of hydrogen-bond acceptors (Lipinski definition) is 5. The van der Waals surface area contributed by atoms with E-state index in [1.165, 1.54) is 0 Å². The van der Waals surface area contributed by atoms with Crippen molar-refractivity contribution in [3.63, 3.8) is 0 Å². The van der Waals surface area contributed by atoms with E-state index >= 15 is 0 Å². The summed E-state index contributed by atoms with van der Waals surface area (Å²) in [4.78, 5) is 43.5. The van der Waals surface area contributed by atoms with Crippen LogP contribution in [0.4, 0.5) is 23.7 Å². The smallest absolute Gasteiger partial charge is 0.475 e. The molecule has 3 amide bonds. The zero-order chi connectivity index (χ0) is 23.4. The predicted molar refractivity (Wildman–Crippen MR) is 106 cm³/mol. The number of hydrogen-bond donors (Lipinski definition) is 1. The molecule has 9 nitrogen and oxygen atoms in total. The zero-order valence-corrected chi connectivity index (χ0v) is 17.4. The van der Waals surface area contributed by atoms with Crippen molar-refractivity contribution in [2.45, 2.75) is 37.5 Å². The van der Waals surface area contributed by atoms with Crippen LogP contribution in [0.5, 0.6) is 0 Å². The number of aliphatic carboxylic acids is 1. The standard InChI is InChI=1S/C18H24N4O3.C2HF3O2/c23-16-13-25-18(14-22(16)15-4-3-7-19-12-15)5-10-21(11-6-18)17(24)20-8-1-2-9-20;3-2(4,5)1(6)7/h3-4,7,12H,1-2,5-6,8-11,13-14H2;(H,6,7). The Morgan fingerprint density at radius 3 is 2.22 bits per heavy atom. The summed E-state index contributed by atoms with van der Waals surface area (Å²) in [5.41, 5.74) is 0.455. The average molecular weight is 458 g/mol. The summed E-state index contributed by atoms with van der Waals surface area (Å²) in [5.74, 6) is -2.79. The van der Waals surface area contributed by atoms with Gasteiger partial charge in [-0.05, 0) is 37.8 Å². The number of nitrogens with zero attached hydrogens (tertiary/aromatic N) is 4. The second kappa shape index (κ2) is 9.72. The van der Waals surface area contributed by atoms with Gasteiger partial charge >= 0.3 is 18.2 Å².